The number of ether oxygens (including phenoxy) is 1. The van der Waals surface area contributed by atoms with Crippen LogP contribution in [-0.4, -0.2) is 45.1 Å². The zero-order valence-electron chi connectivity index (χ0n) is 9.57. The van der Waals surface area contributed by atoms with Crippen molar-refractivity contribution in [3.63, 3.8) is 0 Å². The molecule has 0 aromatic rings. The van der Waals surface area contributed by atoms with Gasteiger partial charge in [0.2, 0.25) is 0 Å². The smallest absolute Gasteiger partial charge is 0.411 e. The normalized spacial score (nSPS) is 25.6. The Balaban J connectivity index is 2.71. The van der Waals surface area contributed by atoms with Crippen LogP contribution in [0.4, 0.5) is 4.79 Å². The summed E-state index contributed by atoms with van der Waals surface area (Å²) in [5.74, 6) is -0.993. The number of alkyl halides is 1. The first-order valence-corrected chi connectivity index (χ1v) is 5.99. The van der Waals surface area contributed by atoms with Crippen molar-refractivity contribution >= 4 is 28.0 Å². The lowest BCUT2D eigenvalue weighted by Crippen LogP contribution is -2.43. The molecule has 0 spiro atoms. The molecule has 0 unspecified atom stereocenters. The second-order valence-electron chi connectivity index (χ2n) is 4.82. The van der Waals surface area contributed by atoms with E-state index >= 15 is 0 Å². The molecule has 1 fully saturated rings. The fraction of sp³-hybridized carbons (Fsp3) is 0.800. The van der Waals surface area contributed by atoms with Gasteiger partial charge in [0, 0.05) is 11.4 Å². The van der Waals surface area contributed by atoms with E-state index in [0.717, 1.165) is 0 Å². The van der Waals surface area contributed by atoms with Crippen molar-refractivity contribution in [1.29, 1.82) is 0 Å². The number of rotatable bonds is 1. The summed E-state index contributed by atoms with van der Waals surface area (Å²) in [4.78, 5) is 24.0. The Morgan fingerprint density at radius 1 is 1.44 bits per heavy atom. The van der Waals surface area contributed by atoms with Crippen molar-refractivity contribution in [2.75, 3.05) is 6.54 Å². The SMILES string of the molecule is CC(C)(C)OC(=O)N1C[C@@H](Br)C[C@H]1C(=O)O. The van der Waals surface area contributed by atoms with E-state index < -0.39 is 23.7 Å². The number of carboxylic acid groups (broad SMARTS) is 1. The standard InChI is InChI=1S/C10H16BrNO4/c1-10(2,3)16-9(15)12-5-6(11)4-7(12)8(13)14/h6-7H,4-5H2,1-3H3,(H,13,14)/t6-,7-/m0/s1. The van der Waals surface area contributed by atoms with Gasteiger partial charge in [-0.3, -0.25) is 4.90 Å². The first kappa shape index (κ1) is 13.3. The van der Waals surface area contributed by atoms with Crippen LogP contribution < -0.4 is 0 Å². The molecule has 0 aliphatic carbocycles. The Morgan fingerprint density at radius 2 is 2.00 bits per heavy atom. The van der Waals surface area contributed by atoms with Crippen molar-refractivity contribution in [2.45, 2.75) is 43.7 Å². The van der Waals surface area contributed by atoms with Crippen LogP contribution in [0.15, 0.2) is 0 Å². The lowest BCUT2D eigenvalue weighted by Gasteiger charge is -2.26. The molecule has 1 amide bonds. The highest BCUT2D eigenvalue weighted by molar-refractivity contribution is 9.09. The van der Waals surface area contributed by atoms with E-state index in [1.165, 1.54) is 4.90 Å². The molecular weight excluding hydrogens is 278 g/mol. The van der Waals surface area contributed by atoms with Crippen LogP contribution in [0.2, 0.25) is 0 Å². The summed E-state index contributed by atoms with van der Waals surface area (Å²) in [6.07, 6.45) is -0.156. The van der Waals surface area contributed by atoms with Crippen LogP contribution in [0.5, 0.6) is 0 Å². The lowest BCUT2D eigenvalue weighted by molar-refractivity contribution is -0.142. The molecule has 1 saturated heterocycles. The first-order chi connectivity index (χ1) is 7.20. The summed E-state index contributed by atoms with van der Waals surface area (Å²) in [5, 5.41) is 8.98. The van der Waals surface area contributed by atoms with Gasteiger partial charge in [-0.1, -0.05) is 15.9 Å². The van der Waals surface area contributed by atoms with E-state index in [4.69, 9.17) is 9.84 Å². The van der Waals surface area contributed by atoms with Crippen LogP contribution in [0.3, 0.4) is 0 Å². The third-order valence-electron chi connectivity index (χ3n) is 2.16. The van der Waals surface area contributed by atoms with Crippen LogP contribution in [-0.2, 0) is 9.53 Å². The molecule has 16 heavy (non-hydrogen) atoms. The van der Waals surface area contributed by atoms with Crippen molar-refractivity contribution in [2.24, 2.45) is 0 Å². The predicted octanol–water partition coefficient (Wildman–Crippen LogP) is 1.84. The Bertz CT molecular complexity index is 300. The van der Waals surface area contributed by atoms with Gasteiger partial charge < -0.3 is 9.84 Å². The summed E-state index contributed by atoms with van der Waals surface area (Å²) in [5.41, 5.74) is -0.607. The Hall–Kier alpha value is -0.780. The lowest BCUT2D eigenvalue weighted by atomic mass is 10.2. The van der Waals surface area contributed by atoms with Crippen molar-refractivity contribution < 1.29 is 19.4 Å². The molecule has 1 aliphatic rings. The Morgan fingerprint density at radius 3 is 2.44 bits per heavy atom. The summed E-state index contributed by atoms with van der Waals surface area (Å²) in [6, 6.07) is -0.792. The van der Waals surface area contributed by atoms with Crippen LogP contribution in [0.1, 0.15) is 27.2 Å². The molecule has 1 rings (SSSR count). The fourth-order valence-corrected chi connectivity index (χ4v) is 2.21. The molecule has 1 N–H and O–H groups in total. The molecule has 6 heteroatoms. The monoisotopic (exact) mass is 293 g/mol. The van der Waals surface area contributed by atoms with Gasteiger partial charge >= 0.3 is 12.1 Å². The minimum absolute atomic E-state index is 0.0149. The van der Waals surface area contributed by atoms with Crippen molar-refractivity contribution in [1.82, 2.24) is 4.90 Å². The summed E-state index contributed by atoms with van der Waals surface area (Å²) < 4.78 is 5.15. The van der Waals surface area contributed by atoms with Gasteiger partial charge in [0.15, 0.2) is 0 Å². The number of aliphatic carboxylic acids is 1. The van der Waals surface area contributed by atoms with Crippen LogP contribution >= 0.6 is 15.9 Å². The number of halogens is 1. The third kappa shape index (κ3) is 3.37. The van der Waals surface area contributed by atoms with Gasteiger partial charge in [0.25, 0.3) is 0 Å². The van der Waals surface area contributed by atoms with Gasteiger partial charge in [-0.25, -0.2) is 9.59 Å². The minimum Gasteiger partial charge on any atom is -0.480 e. The molecule has 0 bridgehead atoms. The first-order valence-electron chi connectivity index (χ1n) is 5.07. The molecule has 0 saturated carbocycles. The molecule has 0 aromatic heterocycles. The van der Waals surface area contributed by atoms with E-state index in [0.29, 0.717) is 13.0 Å². The summed E-state index contributed by atoms with van der Waals surface area (Å²) in [6.45, 7) is 5.62. The van der Waals surface area contributed by atoms with Crippen molar-refractivity contribution in [3.05, 3.63) is 0 Å². The van der Waals surface area contributed by atoms with E-state index in [-0.39, 0.29) is 4.83 Å². The van der Waals surface area contributed by atoms with Gasteiger partial charge in [0.05, 0.1) is 0 Å². The minimum atomic E-state index is -0.993. The summed E-state index contributed by atoms with van der Waals surface area (Å²) in [7, 11) is 0. The average Bonchev–Trinajstić information content (AvgIpc) is 2.44. The third-order valence-corrected chi connectivity index (χ3v) is 2.83. The van der Waals surface area contributed by atoms with Gasteiger partial charge in [-0.15, -0.1) is 0 Å². The summed E-state index contributed by atoms with van der Waals surface area (Å²) >= 11 is 3.32. The Kier molecular flexibility index (Phi) is 3.83. The molecular formula is C10H16BrNO4. The maximum absolute atomic E-state index is 11.7. The molecule has 5 nitrogen and oxygen atoms in total. The number of likely N-dealkylation sites (tertiary alicyclic amines) is 1. The molecule has 0 radical (unpaired) electrons. The number of hydrogen-bond acceptors (Lipinski definition) is 3. The largest absolute Gasteiger partial charge is 0.480 e. The molecule has 92 valence electrons. The highest BCUT2D eigenvalue weighted by Crippen LogP contribution is 2.25. The van der Waals surface area contributed by atoms with Crippen molar-refractivity contribution in [3.8, 4) is 0 Å². The fourth-order valence-electron chi connectivity index (χ4n) is 1.54. The molecule has 0 aromatic carbocycles. The maximum Gasteiger partial charge on any atom is 0.411 e. The van der Waals surface area contributed by atoms with Gasteiger partial charge in [-0.2, -0.15) is 0 Å². The quantitative estimate of drug-likeness (QED) is 0.749. The number of carbonyl (C=O) groups excluding carboxylic acids is 1. The molecule has 1 heterocycles. The van der Waals surface area contributed by atoms with E-state index in [9.17, 15) is 9.59 Å². The number of carboxylic acids is 1. The highest BCUT2D eigenvalue weighted by atomic mass is 79.9. The predicted molar refractivity (Wildman–Crippen MR) is 61.7 cm³/mol. The van der Waals surface area contributed by atoms with E-state index in [1.54, 1.807) is 20.8 Å². The zero-order valence-corrected chi connectivity index (χ0v) is 11.2. The van der Waals surface area contributed by atoms with Gasteiger partial charge in [0.1, 0.15) is 11.6 Å². The van der Waals surface area contributed by atoms with Crippen LogP contribution in [0.25, 0.3) is 0 Å². The number of nitrogens with zero attached hydrogens (tertiary/aromatic N) is 1. The topological polar surface area (TPSA) is 66.8 Å². The number of hydrogen-bond donors (Lipinski definition) is 1. The van der Waals surface area contributed by atoms with Gasteiger partial charge in [-0.05, 0) is 27.2 Å². The zero-order chi connectivity index (χ0) is 12.5. The molecule has 1 aliphatic heterocycles. The second-order valence-corrected chi connectivity index (χ2v) is 6.11. The van der Waals surface area contributed by atoms with E-state index in [1.807, 2.05) is 0 Å². The van der Waals surface area contributed by atoms with E-state index in [2.05, 4.69) is 15.9 Å². The Labute approximate surface area is 103 Å². The number of carbonyl (C=O) groups is 2. The number of amides is 1. The van der Waals surface area contributed by atoms with Crippen LogP contribution in [0, 0.1) is 0 Å². The maximum atomic E-state index is 11.7. The second kappa shape index (κ2) is 4.61. The molecule has 2 atom stereocenters. The average molecular weight is 294 g/mol. The highest BCUT2D eigenvalue weighted by Gasteiger charge is 2.40.